The molecule has 1 aliphatic heterocycles. The molecule has 0 radical (unpaired) electrons. The Morgan fingerprint density at radius 1 is 1.16 bits per heavy atom. The van der Waals surface area contributed by atoms with E-state index in [0.29, 0.717) is 11.7 Å². The number of anilines is 1. The second-order valence-corrected chi connectivity index (χ2v) is 6.78. The lowest BCUT2D eigenvalue weighted by molar-refractivity contribution is 0.248. The van der Waals surface area contributed by atoms with Gasteiger partial charge in [-0.3, -0.25) is 4.90 Å². The van der Waals surface area contributed by atoms with Gasteiger partial charge in [0.2, 0.25) is 0 Å². The second-order valence-electron chi connectivity index (χ2n) is 6.78. The molecule has 0 amide bonds. The van der Waals surface area contributed by atoms with Crippen molar-refractivity contribution in [3.8, 4) is 5.75 Å². The Labute approximate surface area is 147 Å². The van der Waals surface area contributed by atoms with E-state index in [0.717, 1.165) is 49.9 Å². The van der Waals surface area contributed by atoms with Gasteiger partial charge >= 0.3 is 0 Å². The smallest absolute Gasteiger partial charge is 0.165 e. The van der Waals surface area contributed by atoms with Gasteiger partial charge in [-0.05, 0) is 36.6 Å². The molecule has 2 fully saturated rings. The van der Waals surface area contributed by atoms with Gasteiger partial charge in [0.05, 0.1) is 7.11 Å². The van der Waals surface area contributed by atoms with Crippen LogP contribution in [-0.2, 0) is 6.54 Å². The molecule has 2 aromatic rings. The van der Waals surface area contributed by atoms with Crippen molar-refractivity contribution >= 4 is 5.82 Å². The Bertz CT molecular complexity index is 742. The third-order valence-corrected chi connectivity index (χ3v) is 4.92. The third-order valence-electron chi connectivity index (χ3n) is 4.92. The number of piperazine rings is 1. The first-order chi connectivity index (χ1) is 12.2. The summed E-state index contributed by atoms with van der Waals surface area (Å²) in [5.74, 6) is 2.60. The lowest BCUT2D eigenvalue weighted by Crippen LogP contribution is -2.46. The Morgan fingerprint density at radius 3 is 2.64 bits per heavy atom. The molecule has 2 aliphatic rings. The van der Waals surface area contributed by atoms with Gasteiger partial charge < -0.3 is 9.64 Å². The molecule has 1 saturated carbocycles. The third kappa shape index (κ3) is 3.74. The summed E-state index contributed by atoms with van der Waals surface area (Å²) >= 11 is 0. The number of benzene rings is 1. The van der Waals surface area contributed by atoms with Crippen LogP contribution in [0.4, 0.5) is 10.2 Å². The highest BCUT2D eigenvalue weighted by atomic mass is 19.1. The minimum Gasteiger partial charge on any atom is -0.494 e. The molecule has 0 N–H and O–H groups in total. The van der Waals surface area contributed by atoms with E-state index < -0.39 is 0 Å². The predicted octanol–water partition coefficient (Wildman–Crippen LogP) is 2.82. The molecular weight excluding hydrogens is 319 g/mol. The van der Waals surface area contributed by atoms with Gasteiger partial charge in [0.15, 0.2) is 11.6 Å². The highest BCUT2D eigenvalue weighted by Crippen LogP contribution is 2.38. The molecule has 0 unspecified atom stereocenters. The van der Waals surface area contributed by atoms with E-state index in [2.05, 4.69) is 14.8 Å². The predicted molar refractivity (Wildman–Crippen MR) is 94.4 cm³/mol. The molecule has 25 heavy (non-hydrogen) atoms. The van der Waals surface area contributed by atoms with Crippen molar-refractivity contribution in [2.24, 2.45) is 0 Å². The fourth-order valence-corrected chi connectivity index (χ4v) is 3.28. The summed E-state index contributed by atoms with van der Waals surface area (Å²) in [6.07, 6.45) is 4.31. The van der Waals surface area contributed by atoms with E-state index in [-0.39, 0.29) is 5.82 Å². The van der Waals surface area contributed by atoms with Gasteiger partial charge in [-0.2, -0.15) is 0 Å². The molecular formula is C19H23FN4O. The molecule has 5 nitrogen and oxygen atoms in total. The molecule has 4 rings (SSSR count). The number of hydrogen-bond donors (Lipinski definition) is 0. The number of methoxy groups -OCH3 is 1. The molecule has 1 aromatic carbocycles. The summed E-state index contributed by atoms with van der Waals surface area (Å²) < 4.78 is 18.8. The molecule has 0 spiro atoms. The van der Waals surface area contributed by atoms with Crippen LogP contribution in [0.2, 0.25) is 0 Å². The lowest BCUT2D eigenvalue weighted by Gasteiger charge is -2.35. The van der Waals surface area contributed by atoms with Crippen molar-refractivity contribution in [3.63, 3.8) is 0 Å². The normalized spacial score (nSPS) is 18.4. The first-order valence-electron chi connectivity index (χ1n) is 8.85. The molecule has 1 aliphatic carbocycles. The van der Waals surface area contributed by atoms with Crippen LogP contribution in [0.15, 0.2) is 30.5 Å². The average molecular weight is 342 g/mol. The largest absolute Gasteiger partial charge is 0.494 e. The maximum Gasteiger partial charge on any atom is 0.165 e. The molecule has 1 saturated heterocycles. The van der Waals surface area contributed by atoms with Crippen LogP contribution >= 0.6 is 0 Å². The zero-order valence-electron chi connectivity index (χ0n) is 14.5. The van der Waals surface area contributed by atoms with Crippen LogP contribution in [0.1, 0.15) is 30.1 Å². The molecule has 132 valence electrons. The monoisotopic (exact) mass is 342 g/mol. The Kier molecular flexibility index (Phi) is 4.53. The lowest BCUT2D eigenvalue weighted by atomic mass is 10.2. The molecule has 1 aromatic heterocycles. The number of ether oxygens (including phenoxy) is 1. The molecule has 0 atom stereocenters. The minimum absolute atomic E-state index is 0.295. The standard InChI is InChI=1S/C19H23FN4O/c1-25-17-5-2-14(12-16(17)20)13-23-8-10-24(11-9-23)18-6-7-21-19(22-18)15-3-4-15/h2,5-7,12,15H,3-4,8-11,13H2,1H3. The topological polar surface area (TPSA) is 41.5 Å². The minimum atomic E-state index is -0.299. The van der Waals surface area contributed by atoms with Crippen molar-refractivity contribution in [1.29, 1.82) is 0 Å². The van der Waals surface area contributed by atoms with Crippen LogP contribution < -0.4 is 9.64 Å². The van der Waals surface area contributed by atoms with Gasteiger partial charge in [0.1, 0.15) is 11.6 Å². The Balaban J connectivity index is 1.35. The SMILES string of the molecule is COc1ccc(CN2CCN(c3ccnc(C4CC4)n3)CC2)cc1F. The fraction of sp³-hybridized carbons (Fsp3) is 0.474. The zero-order chi connectivity index (χ0) is 17.2. The van der Waals surface area contributed by atoms with Crippen LogP contribution in [0.5, 0.6) is 5.75 Å². The summed E-state index contributed by atoms with van der Waals surface area (Å²) in [7, 11) is 1.49. The zero-order valence-corrected chi connectivity index (χ0v) is 14.5. The number of rotatable bonds is 5. The first kappa shape index (κ1) is 16.3. The summed E-state index contributed by atoms with van der Waals surface area (Å²) in [6, 6.07) is 7.19. The van der Waals surface area contributed by atoms with Crippen molar-refractivity contribution in [3.05, 3.63) is 47.7 Å². The van der Waals surface area contributed by atoms with Crippen LogP contribution in [-0.4, -0.2) is 48.2 Å². The maximum absolute atomic E-state index is 13.8. The number of nitrogens with zero attached hydrogens (tertiary/aromatic N) is 4. The van der Waals surface area contributed by atoms with Gasteiger partial charge in [-0.1, -0.05) is 6.07 Å². The van der Waals surface area contributed by atoms with Gasteiger partial charge in [-0.25, -0.2) is 14.4 Å². The molecule has 6 heteroatoms. The van der Waals surface area contributed by atoms with Crippen molar-refractivity contribution in [1.82, 2.24) is 14.9 Å². The van der Waals surface area contributed by atoms with E-state index in [1.807, 2.05) is 18.3 Å². The van der Waals surface area contributed by atoms with Crippen molar-refractivity contribution < 1.29 is 9.13 Å². The first-order valence-corrected chi connectivity index (χ1v) is 8.85. The average Bonchev–Trinajstić information content (AvgIpc) is 3.48. The van der Waals surface area contributed by atoms with Crippen molar-refractivity contribution in [2.45, 2.75) is 25.3 Å². The Morgan fingerprint density at radius 2 is 1.96 bits per heavy atom. The van der Waals surface area contributed by atoms with Crippen LogP contribution in [0.3, 0.4) is 0 Å². The molecule has 2 heterocycles. The van der Waals surface area contributed by atoms with Gasteiger partial charge in [0, 0.05) is 44.8 Å². The van der Waals surface area contributed by atoms with E-state index in [1.54, 1.807) is 12.1 Å². The quantitative estimate of drug-likeness (QED) is 0.836. The van der Waals surface area contributed by atoms with E-state index >= 15 is 0 Å². The Hall–Kier alpha value is -2.21. The number of halogens is 1. The molecule has 0 bridgehead atoms. The summed E-state index contributed by atoms with van der Waals surface area (Å²) in [6.45, 7) is 4.50. The maximum atomic E-state index is 13.8. The van der Waals surface area contributed by atoms with Crippen LogP contribution in [0.25, 0.3) is 0 Å². The van der Waals surface area contributed by atoms with Gasteiger partial charge in [-0.15, -0.1) is 0 Å². The summed E-state index contributed by atoms with van der Waals surface area (Å²) in [5, 5.41) is 0. The van der Waals surface area contributed by atoms with E-state index in [1.165, 1.54) is 20.0 Å². The van der Waals surface area contributed by atoms with Gasteiger partial charge in [0.25, 0.3) is 0 Å². The highest BCUT2D eigenvalue weighted by molar-refractivity contribution is 5.39. The van der Waals surface area contributed by atoms with E-state index in [9.17, 15) is 4.39 Å². The number of aromatic nitrogens is 2. The second kappa shape index (κ2) is 6.96. The van der Waals surface area contributed by atoms with Crippen molar-refractivity contribution in [2.75, 3.05) is 38.2 Å². The van der Waals surface area contributed by atoms with E-state index in [4.69, 9.17) is 9.72 Å². The highest BCUT2D eigenvalue weighted by Gasteiger charge is 2.27. The number of hydrogen-bond acceptors (Lipinski definition) is 5. The summed E-state index contributed by atoms with van der Waals surface area (Å²) in [5.41, 5.74) is 0.977. The fourth-order valence-electron chi connectivity index (χ4n) is 3.28. The van der Waals surface area contributed by atoms with Crippen LogP contribution in [0, 0.1) is 5.82 Å². The summed E-state index contributed by atoms with van der Waals surface area (Å²) in [4.78, 5) is 13.8.